The Morgan fingerprint density at radius 1 is 1.25 bits per heavy atom. The lowest BCUT2D eigenvalue weighted by Crippen LogP contribution is -2.25. The summed E-state index contributed by atoms with van der Waals surface area (Å²) in [6.07, 6.45) is 2.62. The van der Waals surface area contributed by atoms with Crippen LogP contribution < -0.4 is 0 Å². The Morgan fingerprint density at radius 2 is 2.12 bits per heavy atom. The van der Waals surface area contributed by atoms with Gasteiger partial charge in [-0.15, -0.1) is 0 Å². The highest BCUT2D eigenvalue weighted by Gasteiger charge is 2.38. The van der Waals surface area contributed by atoms with Crippen molar-refractivity contribution in [2.45, 2.75) is 23.8 Å². The van der Waals surface area contributed by atoms with Crippen LogP contribution in [0, 0.1) is 23.6 Å². The molecule has 124 valence electrons. The lowest BCUT2D eigenvalue weighted by Gasteiger charge is -2.21. The maximum atomic E-state index is 12.9. The van der Waals surface area contributed by atoms with Crippen LogP contribution in [-0.4, -0.2) is 39.0 Å². The molecule has 2 fully saturated rings. The summed E-state index contributed by atoms with van der Waals surface area (Å²) in [6, 6.07) is 6.28. The number of hydrogen-bond acceptors (Lipinski definition) is 5. The summed E-state index contributed by atoms with van der Waals surface area (Å²) in [4.78, 5) is 2.56. The van der Waals surface area contributed by atoms with Gasteiger partial charge in [0.15, 0.2) is 0 Å². The van der Waals surface area contributed by atoms with Crippen LogP contribution in [0.2, 0.25) is 0 Å². The summed E-state index contributed by atoms with van der Waals surface area (Å²) in [6.45, 7) is 3.58. The van der Waals surface area contributed by atoms with Gasteiger partial charge in [0.25, 0.3) is 0 Å². The second-order valence-electron chi connectivity index (χ2n) is 6.32. The van der Waals surface area contributed by atoms with Crippen molar-refractivity contribution in [3.8, 4) is 11.8 Å². The van der Waals surface area contributed by atoms with Crippen molar-refractivity contribution in [2.75, 3.05) is 25.4 Å². The molecule has 2 aromatic rings. The molecule has 6 heteroatoms. The molecule has 0 N–H and O–H groups in total. The maximum absolute atomic E-state index is 12.9. The van der Waals surface area contributed by atoms with Crippen molar-refractivity contribution < 1.29 is 4.39 Å². The number of halogens is 1. The first-order valence-corrected chi connectivity index (χ1v) is 9.93. The Hall–Kier alpha value is -1.42. The number of thioether (sulfide) groups is 1. The summed E-state index contributed by atoms with van der Waals surface area (Å²) >= 11 is 2.98. The first-order chi connectivity index (χ1) is 11.8. The quantitative estimate of drug-likeness (QED) is 0.618. The number of benzene rings is 1. The SMILES string of the molecule is Fc1ccc(C#CCSc2nsnc2[C@@H]2CN3CCC[C@H]2C3)cc1. The topological polar surface area (TPSA) is 29.0 Å². The third-order valence-corrected chi connectivity index (χ3v) is 6.28. The number of aromatic nitrogens is 2. The van der Waals surface area contributed by atoms with Gasteiger partial charge in [-0.2, -0.15) is 8.75 Å². The van der Waals surface area contributed by atoms with E-state index in [2.05, 4.69) is 25.5 Å². The van der Waals surface area contributed by atoms with Gasteiger partial charge in [-0.3, -0.25) is 0 Å². The van der Waals surface area contributed by atoms with Gasteiger partial charge in [-0.25, -0.2) is 4.39 Å². The molecular weight excluding hydrogens is 341 g/mol. The molecule has 2 saturated heterocycles. The van der Waals surface area contributed by atoms with E-state index in [1.165, 1.54) is 55.5 Å². The minimum atomic E-state index is -0.231. The van der Waals surface area contributed by atoms with E-state index >= 15 is 0 Å². The number of rotatable bonds is 3. The van der Waals surface area contributed by atoms with Crippen molar-refractivity contribution in [3.05, 3.63) is 41.3 Å². The number of hydrogen-bond donors (Lipinski definition) is 0. The molecule has 2 aliphatic heterocycles. The molecule has 3 atom stereocenters. The van der Waals surface area contributed by atoms with Crippen LogP contribution in [-0.2, 0) is 0 Å². The standard InChI is InChI=1S/C18H18FN3S2/c19-15-7-5-13(6-8-15)3-2-10-23-18-17(20-24-21-18)16-12-22-9-1-4-14(16)11-22/h5-8,14,16H,1,4,9-12H2/t14-,16+/m0/s1. The van der Waals surface area contributed by atoms with Crippen LogP contribution in [0.3, 0.4) is 0 Å². The summed E-state index contributed by atoms with van der Waals surface area (Å²) in [5, 5.41) is 1.05. The lowest BCUT2D eigenvalue weighted by molar-refractivity contribution is 0.269. The first kappa shape index (κ1) is 16.1. The second kappa shape index (κ2) is 7.22. The average Bonchev–Trinajstić information content (AvgIpc) is 3.17. The third kappa shape index (κ3) is 3.49. The van der Waals surface area contributed by atoms with Crippen LogP contribution in [0.25, 0.3) is 0 Å². The molecule has 0 radical (unpaired) electrons. The molecule has 1 aromatic carbocycles. The highest BCUT2D eigenvalue weighted by Crippen LogP contribution is 2.41. The molecule has 2 bridgehead atoms. The molecule has 2 aliphatic rings. The van der Waals surface area contributed by atoms with Crippen molar-refractivity contribution in [1.29, 1.82) is 0 Å². The van der Waals surface area contributed by atoms with E-state index in [-0.39, 0.29) is 5.82 Å². The predicted octanol–water partition coefficient (Wildman–Crippen LogP) is 3.63. The van der Waals surface area contributed by atoms with Crippen molar-refractivity contribution in [2.24, 2.45) is 5.92 Å². The third-order valence-electron chi connectivity index (χ3n) is 4.76. The van der Waals surface area contributed by atoms with Crippen LogP contribution in [0.5, 0.6) is 0 Å². The molecule has 3 nitrogen and oxygen atoms in total. The largest absolute Gasteiger partial charge is 0.302 e. The molecule has 1 unspecified atom stereocenters. The maximum Gasteiger partial charge on any atom is 0.134 e. The Morgan fingerprint density at radius 3 is 2.96 bits per heavy atom. The van der Waals surface area contributed by atoms with Gasteiger partial charge >= 0.3 is 0 Å². The smallest absolute Gasteiger partial charge is 0.134 e. The van der Waals surface area contributed by atoms with Crippen molar-refractivity contribution in [3.63, 3.8) is 0 Å². The minimum absolute atomic E-state index is 0.231. The van der Waals surface area contributed by atoms with Crippen LogP contribution >= 0.6 is 23.5 Å². The monoisotopic (exact) mass is 359 g/mol. The summed E-state index contributed by atoms with van der Waals surface area (Å²) < 4.78 is 22.0. The Balaban J connectivity index is 1.40. The number of nitrogens with zero attached hydrogens (tertiary/aromatic N) is 3. The van der Waals surface area contributed by atoms with Crippen LogP contribution in [0.15, 0.2) is 29.3 Å². The molecule has 0 spiro atoms. The molecule has 1 aromatic heterocycles. The highest BCUT2D eigenvalue weighted by molar-refractivity contribution is 7.99. The fraction of sp³-hybridized carbons (Fsp3) is 0.444. The minimum Gasteiger partial charge on any atom is -0.302 e. The van der Waals surface area contributed by atoms with Crippen LogP contribution in [0.4, 0.5) is 4.39 Å². The molecule has 0 saturated carbocycles. The Kier molecular flexibility index (Phi) is 4.83. The predicted molar refractivity (Wildman–Crippen MR) is 95.8 cm³/mol. The molecule has 0 amide bonds. The molecular formula is C18H18FN3S2. The number of fused-ring (bicyclic) bond motifs is 2. The lowest BCUT2D eigenvalue weighted by atomic mass is 9.89. The van der Waals surface area contributed by atoms with Gasteiger partial charge in [-0.05, 0) is 49.6 Å². The zero-order chi connectivity index (χ0) is 16.4. The van der Waals surface area contributed by atoms with Gasteiger partial charge < -0.3 is 4.90 Å². The summed E-state index contributed by atoms with van der Waals surface area (Å²) in [7, 11) is 0. The van der Waals surface area contributed by atoms with Crippen molar-refractivity contribution in [1.82, 2.24) is 13.6 Å². The van der Waals surface area contributed by atoms with E-state index in [4.69, 9.17) is 0 Å². The van der Waals surface area contributed by atoms with E-state index in [1.54, 1.807) is 23.9 Å². The van der Waals surface area contributed by atoms with Gasteiger partial charge in [-0.1, -0.05) is 23.6 Å². The molecule has 0 aliphatic carbocycles. The zero-order valence-electron chi connectivity index (χ0n) is 13.2. The summed E-state index contributed by atoms with van der Waals surface area (Å²) in [5.41, 5.74) is 2.02. The average molecular weight is 359 g/mol. The molecule has 3 heterocycles. The first-order valence-electron chi connectivity index (χ1n) is 8.21. The Bertz CT molecular complexity index is 763. The molecule has 24 heavy (non-hydrogen) atoms. The fourth-order valence-corrected chi connectivity index (χ4v) is 5.13. The van der Waals surface area contributed by atoms with Gasteiger partial charge in [0.05, 0.1) is 23.2 Å². The van der Waals surface area contributed by atoms with Crippen LogP contribution in [0.1, 0.15) is 30.0 Å². The van der Waals surface area contributed by atoms with Gasteiger partial charge in [0, 0.05) is 24.6 Å². The molecule has 4 rings (SSSR count). The fourth-order valence-electron chi connectivity index (χ4n) is 3.61. The van der Waals surface area contributed by atoms with E-state index < -0.39 is 0 Å². The van der Waals surface area contributed by atoms with E-state index in [0.717, 1.165) is 23.1 Å². The zero-order valence-corrected chi connectivity index (χ0v) is 14.9. The summed E-state index contributed by atoms with van der Waals surface area (Å²) in [5.74, 6) is 7.94. The van der Waals surface area contributed by atoms with E-state index in [0.29, 0.717) is 11.7 Å². The van der Waals surface area contributed by atoms with Gasteiger partial charge in [0.1, 0.15) is 10.8 Å². The Labute approximate surface area is 150 Å². The van der Waals surface area contributed by atoms with Gasteiger partial charge in [0.2, 0.25) is 0 Å². The highest BCUT2D eigenvalue weighted by atomic mass is 32.2. The van der Waals surface area contributed by atoms with Crippen molar-refractivity contribution >= 4 is 23.5 Å². The second-order valence-corrected chi connectivity index (χ2v) is 7.81. The normalized spacial score (nSPS) is 25.3. The number of piperidine rings is 1. The van der Waals surface area contributed by atoms with E-state index in [9.17, 15) is 4.39 Å². The van der Waals surface area contributed by atoms with E-state index in [1.807, 2.05) is 0 Å².